The molecular formula is C14H16O4. The summed E-state index contributed by atoms with van der Waals surface area (Å²) in [6, 6.07) is 5.10. The van der Waals surface area contributed by atoms with Crippen molar-refractivity contribution in [2.24, 2.45) is 5.92 Å². The summed E-state index contributed by atoms with van der Waals surface area (Å²) < 4.78 is 10.3. The van der Waals surface area contributed by atoms with Gasteiger partial charge in [-0.3, -0.25) is 9.59 Å². The minimum absolute atomic E-state index is 0.0156. The van der Waals surface area contributed by atoms with Crippen LogP contribution in [-0.4, -0.2) is 25.8 Å². The number of hydrogen-bond donors (Lipinski definition) is 0. The van der Waals surface area contributed by atoms with Gasteiger partial charge in [-0.2, -0.15) is 0 Å². The molecule has 0 spiro atoms. The van der Waals surface area contributed by atoms with Gasteiger partial charge in [0.1, 0.15) is 5.78 Å². The van der Waals surface area contributed by atoms with Gasteiger partial charge >= 0.3 is 0 Å². The minimum Gasteiger partial charge on any atom is -0.493 e. The van der Waals surface area contributed by atoms with E-state index < -0.39 is 0 Å². The van der Waals surface area contributed by atoms with E-state index in [4.69, 9.17) is 9.47 Å². The molecular weight excluding hydrogens is 232 g/mol. The molecule has 0 N–H and O–H groups in total. The molecule has 1 atom stereocenters. The zero-order valence-electron chi connectivity index (χ0n) is 10.6. The number of Topliss-reactive ketones (excluding diaryl/α,β-unsaturated/α-hetero) is 2. The van der Waals surface area contributed by atoms with Crippen LogP contribution in [0.15, 0.2) is 18.2 Å². The summed E-state index contributed by atoms with van der Waals surface area (Å²) in [5, 5.41) is 0. The van der Waals surface area contributed by atoms with E-state index in [9.17, 15) is 9.59 Å². The summed E-state index contributed by atoms with van der Waals surface area (Å²) in [5.41, 5.74) is 0.576. The van der Waals surface area contributed by atoms with Gasteiger partial charge in [0.05, 0.1) is 14.2 Å². The zero-order chi connectivity index (χ0) is 13.1. The smallest absolute Gasteiger partial charge is 0.166 e. The quantitative estimate of drug-likeness (QED) is 0.767. The molecule has 96 valence electrons. The van der Waals surface area contributed by atoms with Crippen LogP contribution in [0.5, 0.6) is 11.5 Å². The van der Waals surface area contributed by atoms with Crippen LogP contribution in [0.3, 0.4) is 0 Å². The molecule has 1 aromatic carbocycles. The molecule has 18 heavy (non-hydrogen) atoms. The van der Waals surface area contributed by atoms with E-state index >= 15 is 0 Å². The number of ether oxygens (including phenoxy) is 2. The molecule has 1 saturated carbocycles. The highest BCUT2D eigenvalue weighted by Crippen LogP contribution is 2.31. The average Bonchev–Trinajstić information content (AvgIpc) is 2.83. The van der Waals surface area contributed by atoms with Crippen molar-refractivity contribution in [1.82, 2.24) is 0 Å². The Morgan fingerprint density at radius 1 is 1.22 bits per heavy atom. The first-order valence-electron chi connectivity index (χ1n) is 5.93. The van der Waals surface area contributed by atoms with Crippen LogP contribution in [0.1, 0.15) is 29.6 Å². The molecule has 0 bridgehead atoms. The molecule has 1 aliphatic rings. The molecule has 1 unspecified atom stereocenters. The van der Waals surface area contributed by atoms with Crippen LogP contribution < -0.4 is 9.47 Å². The van der Waals surface area contributed by atoms with Gasteiger partial charge in [-0.05, 0) is 24.6 Å². The first-order valence-corrected chi connectivity index (χ1v) is 5.93. The van der Waals surface area contributed by atoms with Crippen molar-refractivity contribution in [2.75, 3.05) is 14.2 Å². The van der Waals surface area contributed by atoms with Crippen molar-refractivity contribution >= 4 is 11.6 Å². The summed E-state index contributed by atoms with van der Waals surface area (Å²) >= 11 is 0. The first kappa shape index (κ1) is 12.6. The number of methoxy groups -OCH3 is 2. The highest BCUT2D eigenvalue weighted by Gasteiger charge is 2.29. The fourth-order valence-corrected chi connectivity index (χ4v) is 2.26. The third kappa shape index (κ3) is 2.37. The van der Waals surface area contributed by atoms with Gasteiger partial charge in [0.25, 0.3) is 0 Å². The number of ketones is 2. The van der Waals surface area contributed by atoms with Gasteiger partial charge in [-0.1, -0.05) is 0 Å². The number of hydrogen-bond acceptors (Lipinski definition) is 4. The minimum atomic E-state index is -0.171. The lowest BCUT2D eigenvalue weighted by Gasteiger charge is -2.11. The second-order valence-electron chi connectivity index (χ2n) is 4.41. The van der Waals surface area contributed by atoms with Crippen LogP contribution in [0.25, 0.3) is 0 Å². The van der Waals surface area contributed by atoms with Crippen molar-refractivity contribution in [3.63, 3.8) is 0 Å². The average molecular weight is 248 g/mol. The van der Waals surface area contributed by atoms with Crippen molar-refractivity contribution in [2.45, 2.75) is 19.3 Å². The first-order chi connectivity index (χ1) is 8.65. The van der Waals surface area contributed by atoms with Gasteiger partial charge in [-0.25, -0.2) is 0 Å². The topological polar surface area (TPSA) is 52.6 Å². The summed E-state index contributed by atoms with van der Waals surface area (Å²) in [4.78, 5) is 23.4. The lowest BCUT2D eigenvalue weighted by molar-refractivity contribution is -0.117. The highest BCUT2D eigenvalue weighted by molar-refractivity contribution is 6.02. The Balaban J connectivity index is 2.23. The number of carbonyl (C=O) groups excluding carboxylic acids is 2. The van der Waals surface area contributed by atoms with E-state index in [1.54, 1.807) is 25.3 Å². The maximum absolute atomic E-state index is 12.2. The van der Waals surface area contributed by atoms with Crippen molar-refractivity contribution in [3.05, 3.63) is 23.8 Å². The molecule has 4 heteroatoms. The molecule has 0 aliphatic heterocycles. The standard InChI is InChI=1S/C14H16O4/c1-17-12-6-4-10(8-13(12)18-2)14(16)9-3-5-11(15)7-9/h4,6,8-9H,3,5,7H2,1-2H3. The van der Waals surface area contributed by atoms with Gasteiger partial charge in [0.15, 0.2) is 17.3 Å². The van der Waals surface area contributed by atoms with Crippen LogP contribution in [0.4, 0.5) is 0 Å². The highest BCUT2D eigenvalue weighted by atomic mass is 16.5. The van der Waals surface area contributed by atoms with Crippen molar-refractivity contribution in [3.8, 4) is 11.5 Å². The second-order valence-corrected chi connectivity index (χ2v) is 4.41. The number of rotatable bonds is 4. The largest absolute Gasteiger partial charge is 0.493 e. The molecule has 0 radical (unpaired) electrons. The van der Waals surface area contributed by atoms with Crippen LogP contribution in [0.2, 0.25) is 0 Å². The fraction of sp³-hybridized carbons (Fsp3) is 0.429. The Morgan fingerprint density at radius 2 is 1.94 bits per heavy atom. The van der Waals surface area contributed by atoms with Gasteiger partial charge in [0, 0.05) is 24.3 Å². The molecule has 1 fully saturated rings. The van der Waals surface area contributed by atoms with E-state index in [0.717, 1.165) is 0 Å². The molecule has 0 amide bonds. The number of benzene rings is 1. The number of carbonyl (C=O) groups is 2. The van der Waals surface area contributed by atoms with Gasteiger partial charge < -0.3 is 9.47 Å². The SMILES string of the molecule is COc1ccc(C(=O)C2CCC(=O)C2)cc1OC. The third-order valence-electron chi connectivity index (χ3n) is 3.28. The van der Waals surface area contributed by atoms with E-state index in [1.165, 1.54) is 7.11 Å². The molecule has 1 aromatic rings. The van der Waals surface area contributed by atoms with Gasteiger partial charge in [-0.15, -0.1) is 0 Å². The second kappa shape index (κ2) is 5.21. The van der Waals surface area contributed by atoms with Crippen LogP contribution >= 0.6 is 0 Å². The lowest BCUT2D eigenvalue weighted by atomic mass is 9.96. The maximum Gasteiger partial charge on any atom is 0.166 e. The molecule has 4 nitrogen and oxygen atoms in total. The Hall–Kier alpha value is -1.84. The van der Waals surface area contributed by atoms with Gasteiger partial charge in [0.2, 0.25) is 0 Å². The summed E-state index contributed by atoms with van der Waals surface area (Å²) in [7, 11) is 3.08. The predicted molar refractivity (Wildman–Crippen MR) is 66.2 cm³/mol. The monoisotopic (exact) mass is 248 g/mol. The lowest BCUT2D eigenvalue weighted by Crippen LogP contribution is -2.12. The van der Waals surface area contributed by atoms with E-state index in [2.05, 4.69) is 0 Å². The molecule has 1 aliphatic carbocycles. The molecule has 0 aromatic heterocycles. The van der Waals surface area contributed by atoms with E-state index in [-0.39, 0.29) is 17.5 Å². The van der Waals surface area contributed by atoms with Crippen LogP contribution in [-0.2, 0) is 4.79 Å². The summed E-state index contributed by atoms with van der Waals surface area (Å²) in [5.74, 6) is 1.15. The fourth-order valence-electron chi connectivity index (χ4n) is 2.26. The Labute approximate surface area is 106 Å². The Bertz CT molecular complexity index is 479. The maximum atomic E-state index is 12.2. The predicted octanol–water partition coefficient (Wildman–Crippen LogP) is 2.26. The molecule has 2 rings (SSSR count). The van der Waals surface area contributed by atoms with Crippen molar-refractivity contribution in [1.29, 1.82) is 0 Å². The van der Waals surface area contributed by atoms with E-state index in [1.807, 2.05) is 0 Å². The van der Waals surface area contributed by atoms with Crippen molar-refractivity contribution < 1.29 is 19.1 Å². The Kier molecular flexibility index (Phi) is 3.65. The van der Waals surface area contributed by atoms with E-state index in [0.29, 0.717) is 36.3 Å². The Morgan fingerprint density at radius 3 is 2.50 bits per heavy atom. The summed E-state index contributed by atoms with van der Waals surface area (Å²) in [6.45, 7) is 0. The normalized spacial score (nSPS) is 18.8. The molecule has 0 heterocycles. The van der Waals surface area contributed by atoms with Crippen LogP contribution in [0, 0.1) is 5.92 Å². The zero-order valence-corrected chi connectivity index (χ0v) is 10.6. The third-order valence-corrected chi connectivity index (χ3v) is 3.28. The summed E-state index contributed by atoms with van der Waals surface area (Å²) in [6.07, 6.45) is 1.54. The molecule has 0 saturated heterocycles.